The Labute approximate surface area is 118 Å². The smallest absolute Gasteiger partial charge is 0.104 e. The highest BCUT2D eigenvalue weighted by molar-refractivity contribution is 5.79. The zero-order chi connectivity index (χ0) is 14.1. The molecule has 3 aromatic rings. The highest BCUT2D eigenvalue weighted by Crippen LogP contribution is 2.27. The normalized spacial score (nSPS) is 12.6. The SMILES string of the molecule is Cc1ccc(C)c(C(O)c2ccc3ncccc3c2)c1. The summed E-state index contributed by atoms with van der Waals surface area (Å²) in [4.78, 5) is 4.30. The van der Waals surface area contributed by atoms with Crippen molar-refractivity contribution in [1.29, 1.82) is 0 Å². The number of aryl methyl sites for hydroxylation is 2. The van der Waals surface area contributed by atoms with Gasteiger partial charge in [-0.15, -0.1) is 0 Å². The number of fused-ring (bicyclic) bond motifs is 1. The third kappa shape index (κ3) is 2.30. The summed E-state index contributed by atoms with van der Waals surface area (Å²) >= 11 is 0. The molecular weight excluding hydrogens is 246 g/mol. The van der Waals surface area contributed by atoms with Crippen LogP contribution < -0.4 is 0 Å². The van der Waals surface area contributed by atoms with E-state index in [0.717, 1.165) is 33.2 Å². The monoisotopic (exact) mass is 263 g/mol. The second-order valence-electron chi connectivity index (χ2n) is 5.22. The molecule has 1 atom stereocenters. The zero-order valence-corrected chi connectivity index (χ0v) is 11.7. The predicted octanol–water partition coefficient (Wildman–Crippen LogP) is 3.93. The van der Waals surface area contributed by atoms with E-state index in [4.69, 9.17) is 0 Å². The number of aliphatic hydroxyl groups is 1. The maximum Gasteiger partial charge on any atom is 0.104 e. The number of pyridine rings is 1. The Bertz CT molecular complexity index is 764. The van der Waals surface area contributed by atoms with Crippen molar-refractivity contribution in [2.75, 3.05) is 0 Å². The van der Waals surface area contributed by atoms with Gasteiger partial charge in [-0.2, -0.15) is 0 Å². The van der Waals surface area contributed by atoms with Crippen LogP contribution in [0.4, 0.5) is 0 Å². The van der Waals surface area contributed by atoms with Gasteiger partial charge in [-0.3, -0.25) is 4.98 Å². The van der Waals surface area contributed by atoms with E-state index in [1.807, 2.05) is 50.2 Å². The van der Waals surface area contributed by atoms with Crippen molar-refractivity contribution in [2.24, 2.45) is 0 Å². The standard InChI is InChI=1S/C18H17NO/c1-12-5-6-13(2)16(10-12)18(20)15-7-8-17-14(11-15)4-3-9-19-17/h3-11,18,20H,1-2H3. The molecule has 3 rings (SSSR count). The molecule has 0 amide bonds. The minimum Gasteiger partial charge on any atom is -0.384 e. The lowest BCUT2D eigenvalue weighted by atomic mass is 9.95. The van der Waals surface area contributed by atoms with Crippen LogP contribution >= 0.6 is 0 Å². The number of hydrogen-bond donors (Lipinski definition) is 1. The zero-order valence-electron chi connectivity index (χ0n) is 11.7. The fourth-order valence-electron chi connectivity index (χ4n) is 2.50. The quantitative estimate of drug-likeness (QED) is 0.760. The van der Waals surface area contributed by atoms with Gasteiger partial charge in [0.25, 0.3) is 0 Å². The molecule has 1 aromatic heterocycles. The van der Waals surface area contributed by atoms with Crippen LogP contribution in [0.3, 0.4) is 0 Å². The number of hydrogen-bond acceptors (Lipinski definition) is 2. The average Bonchev–Trinajstić information content (AvgIpc) is 2.48. The van der Waals surface area contributed by atoms with Gasteiger partial charge in [0.05, 0.1) is 5.52 Å². The molecule has 0 spiro atoms. The first kappa shape index (κ1) is 12.8. The predicted molar refractivity (Wildman–Crippen MR) is 81.7 cm³/mol. The van der Waals surface area contributed by atoms with Gasteiger partial charge in [0.15, 0.2) is 0 Å². The first-order chi connectivity index (χ1) is 9.65. The summed E-state index contributed by atoms with van der Waals surface area (Å²) in [5, 5.41) is 11.7. The largest absolute Gasteiger partial charge is 0.384 e. The Morgan fingerprint density at radius 2 is 1.85 bits per heavy atom. The van der Waals surface area contributed by atoms with Crippen LogP contribution in [0.15, 0.2) is 54.7 Å². The summed E-state index contributed by atoms with van der Waals surface area (Å²) in [5.74, 6) is 0. The molecule has 0 fully saturated rings. The summed E-state index contributed by atoms with van der Waals surface area (Å²) < 4.78 is 0. The van der Waals surface area contributed by atoms with Crippen LogP contribution in [0.5, 0.6) is 0 Å². The fourth-order valence-corrected chi connectivity index (χ4v) is 2.50. The molecule has 100 valence electrons. The minimum atomic E-state index is -0.598. The van der Waals surface area contributed by atoms with Crippen LogP contribution in [0.25, 0.3) is 10.9 Å². The molecule has 1 heterocycles. The highest BCUT2D eigenvalue weighted by atomic mass is 16.3. The summed E-state index contributed by atoms with van der Waals surface area (Å²) in [6.07, 6.45) is 1.18. The first-order valence-electron chi connectivity index (χ1n) is 6.75. The average molecular weight is 263 g/mol. The Kier molecular flexibility index (Phi) is 3.25. The Hall–Kier alpha value is -2.19. The van der Waals surface area contributed by atoms with Gasteiger partial charge >= 0.3 is 0 Å². The molecular formula is C18H17NO. The van der Waals surface area contributed by atoms with E-state index in [9.17, 15) is 5.11 Å². The topological polar surface area (TPSA) is 33.1 Å². The van der Waals surface area contributed by atoms with E-state index in [1.54, 1.807) is 6.20 Å². The van der Waals surface area contributed by atoms with Crippen molar-refractivity contribution in [2.45, 2.75) is 20.0 Å². The number of aromatic nitrogens is 1. The lowest BCUT2D eigenvalue weighted by Crippen LogP contribution is -2.02. The number of rotatable bonds is 2. The molecule has 0 aliphatic heterocycles. The lowest BCUT2D eigenvalue weighted by molar-refractivity contribution is 0.219. The van der Waals surface area contributed by atoms with Gasteiger partial charge in [-0.05, 0) is 48.7 Å². The van der Waals surface area contributed by atoms with Crippen LogP contribution in [0, 0.1) is 13.8 Å². The molecule has 0 saturated heterocycles. The van der Waals surface area contributed by atoms with E-state index in [0.29, 0.717) is 0 Å². The number of benzene rings is 2. The summed E-state index contributed by atoms with van der Waals surface area (Å²) in [6.45, 7) is 4.07. The highest BCUT2D eigenvalue weighted by Gasteiger charge is 2.13. The van der Waals surface area contributed by atoms with Crippen molar-refractivity contribution in [3.63, 3.8) is 0 Å². The Morgan fingerprint density at radius 1 is 1.00 bits per heavy atom. The van der Waals surface area contributed by atoms with Crippen LogP contribution in [-0.2, 0) is 0 Å². The van der Waals surface area contributed by atoms with Gasteiger partial charge < -0.3 is 5.11 Å². The molecule has 0 aliphatic rings. The summed E-state index contributed by atoms with van der Waals surface area (Å²) in [6, 6.07) is 16.0. The molecule has 2 nitrogen and oxygen atoms in total. The molecule has 1 N–H and O–H groups in total. The van der Waals surface area contributed by atoms with Gasteiger partial charge in [0.2, 0.25) is 0 Å². The summed E-state index contributed by atoms with van der Waals surface area (Å²) in [7, 11) is 0. The first-order valence-corrected chi connectivity index (χ1v) is 6.75. The molecule has 2 heteroatoms. The van der Waals surface area contributed by atoms with Crippen molar-refractivity contribution < 1.29 is 5.11 Å². The van der Waals surface area contributed by atoms with Gasteiger partial charge in [0.1, 0.15) is 6.10 Å². The van der Waals surface area contributed by atoms with Crippen LogP contribution in [0.2, 0.25) is 0 Å². The maximum atomic E-state index is 10.6. The van der Waals surface area contributed by atoms with Crippen molar-refractivity contribution in [3.8, 4) is 0 Å². The van der Waals surface area contributed by atoms with Crippen molar-refractivity contribution in [1.82, 2.24) is 4.98 Å². The molecule has 20 heavy (non-hydrogen) atoms. The summed E-state index contributed by atoms with van der Waals surface area (Å²) in [5.41, 5.74) is 5.08. The Balaban J connectivity index is 2.07. The Morgan fingerprint density at radius 3 is 2.70 bits per heavy atom. The third-order valence-electron chi connectivity index (χ3n) is 3.67. The van der Waals surface area contributed by atoms with E-state index >= 15 is 0 Å². The van der Waals surface area contributed by atoms with E-state index in [1.165, 1.54) is 0 Å². The molecule has 0 radical (unpaired) electrons. The van der Waals surface area contributed by atoms with Gasteiger partial charge in [-0.1, -0.05) is 35.9 Å². The maximum absolute atomic E-state index is 10.6. The molecule has 0 aliphatic carbocycles. The van der Waals surface area contributed by atoms with Crippen LogP contribution in [0.1, 0.15) is 28.4 Å². The van der Waals surface area contributed by atoms with E-state index in [-0.39, 0.29) is 0 Å². The second kappa shape index (κ2) is 5.06. The van der Waals surface area contributed by atoms with Crippen LogP contribution in [-0.4, -0.2) is 10.1 Å². The van der Waals surface area contributed by atoms with Gasteiger partial charge in [-0.25, -0.2) is 0 Å². The number of nitrogens with zero attached hydrogens (tertiary/aromatic N) is 1. The van der Waals surface area contributed by atoms with E-state index < -0.39 is 6.10 Å². The molecule has 0 bridgehead atoms. The van der Waals surface area contributed by atoms with Crippen molar-refractivity contribution in [3.05, 3.63) is 77.0 Å². The van der Waals surface area contributed by atoms with Gasteiger partial charge in [0, 0.05) is 11.6 Å². The third-order valence-corrected chi connectivity index (χ3v) is 3.67. The lowest BCUT2D eigenvalue weighted by Gasteiger charge is -2.15. The van der Waals surface area contributed by atoms with E-state index in [2.05, 4.69) is 17.1 Å². The number of aliphatic hydroxyl groups excluding tert-OH is 1. The van der Waals surface area contributed by atoms with Crippen molar-refractivity contribution >= 4 is 10.9 Å². The fraction of sp³-hybridized carbons (Fsp3) is 0.167. The minimum absolute atomic E-state index is 0.598. The molecule has 1 unspecified atom stereocenters. The molecule has 0 saturated carbocycles. The second-order valence-corrected chi connectivity index (χ2v) is 5.22. The molecule has 2 aromatic carbocycles.